The number of unbranched alkanes of at least 4 members (excludes halogenated alkanes) is 2. The van der Waals surface area contributed by atoms with E-state index in [0.717, 1.165) is 36.3 Å². The molecule has 5 aromatic rings. The number of aliphatic hydroxyl groups excluding tert-OH is 3. The predicted molar refractivity (Wildman–Crippen MR) is 464 cm³/mol. The van der Waals surface area contributed by atoms with Crippen LogP contribution in [0.15, 0.2) is 85.2 Å². The number of fused-ring (bicyclic) bond motifs is 4. The maximum Gasteiger partial charge on any atom is 0.303 e. The van der Waals surface area contributed by atoms with Crippen molar-refractivity contribution < 1.29 is 107 Å². The molecule has 692 valence electrons. The van der Waals surface area contributed by atoms with Gasteiger partial charge in [-0.05, 0) is 106 Å². The molecule has 2 aromatic heterocycles. The zero-order valence-electron chi connectivity index (χ0n) is 72.4. The van der Waals surface area contributed by atoms with Crippen LogP contribution >= 0.6 is 11.8 Å². The molecule has 5 heterocycles. The van der Waals surface area contributed by atoms with E-state index in [9.17, 15) is 78.3 Å². The number of H-pyrrole nitrogens is 2. The van der Waals surface area contributed by atoms with E-state index >= 15 is 28.8 Å². The summed E-state index contributed by atoms with van der Waals surface area (Å²) in [6.07, 6.45) is 0.304. The summed E-state index contributed by atoms with van der Waals surface area (Å²) in [5.41, 5.74) is 14.2. The predicted octanol–water partition coefficient (Wildman–Crippen LogP) is -2.37. The topological polar surface area (TPSA) is 599 Å². The number of carbonyl (C=O) groups excluding carboxylic acids is 16. The third kappa shape index (κ3) is 27.2. The van der Waals surface area contributed by atoms with Crippen LogP contribution < -0.4 is 59.3 Å². The number of nitrogens with two attached hydrogens (primary N) is 2. The van der Waals surface area contributed by atoms with Gasteiger partial charge in [-0.1, -0.05) is 95.0 Å². The number of hydrogen-bond acceptors (Lipinski definition) is 23. The number of carboxylic acid groups (broad SMARTS) is 1. The molecule has 0 unspecified atom stereocenters. The van der Waals surface area contributed by atoms with Gasteiger partial charge >= 0.3 is 5.97 Å². The number of hydrogen-bond donors (Lipinski definition) is 18. The average molecular weight is 1790 g/mol. The van der Waals surface area contributed by atoms with E-state index in [4.69, 9.17) is 11.5 Å². The van der Waals surface area contributed by atoms with Gasteiger partial charge in [-0.2, -0.15) is 0 Å². The molecule has 0 saturated carbocycles. The number of phenolic OH excluding ortho intramolecular Hbond substituents is 1. The molecule has 40 nitrogen and oxygen atoms in total. The van der Waals surface area contributed by atoms with Gasteiger partial charge in [-0.3, -0.25) is 81.5 Å². The summed E-state index contributed by atoms with van der Waals surface area (Å²) in [6, 6.07) is -0.352. The molecule has 3 aliphatic heterocycles. The number of amides is 15. The number of rotatable bonds is 23. The number of Topliss-reactive ketones (excluding diaryl/α,β-unsaturated/α-hetero) is 1. The lowest BCUT2D eigenvalue weighted by Crippen LogP contribution is -2.61. The molecule has 20 N–H and O–H groups in total. The molecule has 0 spiro atoms. The number of ketones is 1. The van der Waals surface area contributed by atoms with Gasteiger partial charge in [0.1, 0.15) is 78.3 Å². The molecule has 3 aromatic carbocycles. The highest BCUT2D eigenvalue weighted by atomic mass is 32.2. The number of aliphatic carboxylic acids is 1. The summed E-state index contributed by atoms with van der Waals surface area (Å²) in [5, 5.41) is 77.3. The first-order valence-corrected chi connectivity index (χ1v) is 43.9. The van der Waals surface area contributed by atoms with E-state index in [1.54, 1.807) is 67.8 Å². The van der Waals surface area contributed by atoms with Crippen molar-refractivity contribution in [2.24, 2.45) is 17.4 Å². The minimum Gasteiger partial charge on any atom is -0.508 e. The van der Waals surface area contributed by atoms with Gasteiger partial charge in [-0.15, -0.1) is 11.8 Å². The summed E-state index contributed by atoms with van der Waals surface area (Å²) < 4.78 is 0. The first-order chi connectivity index (χ1) is 60.6. The maximum absolute atomic E-state index is 15.6. The molecular formula is C86H120N18O22S. The number of aromatic hydroxyl groups is 1. The number of thioether (sulfide) groups is 1. The van der Waals surface area contributed by atoms with E-state index in [1.165, 1.54) is 52.3 Å². The molecule has 0 aliphatic carbocycles. The van der Waals surface area contributed by atoms with Gasteiger partial charge in [0, 0.05) is 112 Å². The fraction of sp³-hybridized carbons (Fsp3) is 0.547. The average Bonchev–Trinajstić information content (AvgIpc) is 1.71. The van der Waals surface area contributed by atoms with Crippen LogP contribution in [0.3, 0.4) is 0 Å². The highest BCUT2D eigenvalue weighted by Crippen LogP contribution is 2.30. The molecule has 3 aliphatic rings. The second-order valence-electron chi connectivity index (χ2n) is 32.3. The zero-order valence-corrected chi connectivity index (χ0v) is 73.2. The van der Waals surface area contributed by atoms with Gasteiger partial charge in [-0.25, -0.2) is 0 Å². The van der Waals surface area contributed by atoms with E-state index in [1.807, 2.05) is 13.8 Å². The fourth-order valence-electron chi connectivity index (χ4n) is 15.8. The quantitative estimate of drug-likeness (QED) is 0.0325. The SMILES string of the molecule is CCCC[C@H]1C(=O)N(C)[C@@H](CCCC)C(=O)N[C@@H](CO)C(=O)N[C@H](C(=O)NCC(N)=O)CSCC(=O)N[C@@H](Cc2ccc(O)cc2)C(=O)N(C)[C@@H](C)C(=O)N[C@@H](CCN)C(=O)N2CCC[C@H]2C(=O)N[C@@H](CO)C(=O)N[C@@H](CCC(=O)O)C(=O)N2C[C@H](O)C[C@H]2C(=O)C[C@@H](Cc2c[nH]c3ccccc23)C(=O)N[C@@H](CC)C(=O)N[C@@H](Cc2c[nH]c3ccccc23)C(=O)N1C. The Kier molecular flexibility index (Phi) is 37.9. The zero-order chi connectivity index (χ0) is 93.0. The van der Waals surface area contributed by atoms with Crippen LogP contribution in [0.1, 0.15) is 134 Å². The number of para-hydroxylation sites is 2. The molecule has 15 amide bonds. The molecule has 8 rings (SSSR count). The Morgan fingerprint density at radius 1 is 0.551 bits per heavy atom. The van der Waals surface area contributed by atoms with Crippen molar-refractivity contribution >= 4 is 134 Å². The Morgan fingerprint density at radius 2 is 1.08 bits per heavy atom. The largest absolute Gasteiger partial charge is 0.508 e. The minimum absolute atomic E-state index is 0.0120. The summed E-state index contributed by atoms with van der Waals surface area (Å²) >= 11 is 0.745. The van der Waals surface area contributed by atoms with Crippen LogP contribution in [0.2, 0.25) is 0 Å². The molecule has 3 fully saturated rings. The van der Waals surface area contributed by atoms with E-state index in [0.29, 0.717) is 64.2 Å². The summed E-state index contributed by atoms with van der Waals surface area (Å²) in [4.78, 5) is 257. The number of carboxylic acids is 1. The van der Waals surface area contributed by atoms with Crippen molar-refractivity contribution in [1.82, 2.24) is 82.3 Å². The third-order valence-electron chi connectivity index (χ3n) is 23.2. The number of nitrogens with one attached hydrogen (secondary N) is 11. The first kappa shape index (κ1) is 100. The number of aromatic amines is 2. The maximum atomic E-state index is 15.6. The normalized spacial score (nSPS) is 25.7. The van der Waals surface area contributed by atoms with Crippen molar-refractivity contribution in [3.05, 3.63) is 102 Å². The molecule has 15 atom stereocenters. The highest BCUT2D eigenvalue weighted by molar-refractivity contribution is 8.00. The van der Waals surface area contributed by atoms with Gasteiger partial charge in [0.2, 0.25) is 88.6 Å². The Bertz CT molecular complexity index is 4760. The van der Waals surface area contributed by atoms with E-state index in [2.05, 4.69) is 57.8 Å². The number of carbonyl (C=O) groups is 17. The number of nitrogens with zero attached hydrogens (tertiary/aromatic N) is 5. The molecule has 3 saturated heterocycles. The summed E-state index contributed by atoms with van der Waals surface area (Å²) in [7, 11) is 3.92. The smallest absolute Gasteiger partial charge is 0.303 e. The monoisotopic (exact) mass is 1790 g/mol. The van der Waals surface area contributed by atoms with Crippen molar-refractivity contribution in [2.75, 3.05) is 72.0 Å². The lowest BCUT2D eigenvalue weighted by Gasteiger charge is -2.36. The second kappa shape index (κ2) is 48.0. The first-order valence-electron chi connectivity index (χ1n) is 42.8. The summed E-state index contributed by atoms with van der Waals surface area (Å²) in [5.74, 6) is -18.8. The van der Waals surface area contributed by atoms with Gasteiger partial charge in [0.15, 0.2) is 5.78 Å². The lowest BCUT2D eigenvalue weighted by molar-refractivity contribution is -0.149. The van der Waals surface area contributed by atoms with Crippen molar-refractivity contribution in [2.45, 2.75) is 221 Å². The van der Waals surface area contributed by atoms with Crippen LogP contribution in [0.5, 0.6) is 5.75 Å². The van der Waals surface area contributed by atoms with Crippen LogP contribution in [-0.4, -0.2) is 317 Å². The molecule has 41 heteroatoms. The standard InChI is InChI=1S/C86H120N18O22S/c1-8-11-22-66-80(120)97-64(44-106)79(119)99-65(76(116)91-41-71(88)110)45-127-46-72(111)92-61(34-48-25-27-52(107)28-26-48)82(122)100(5)47(4)74(114)94-60(31-32-87)84(124)103-33-17-24-67(103)81(121)98-63(43-105)78(118)95-59(29-30-73(112)113)85(125)104-42-53(108)38-69(104)70(109)37-49(35-50-39-89-57-20-15-13-18-54(50)57)75(115)93-56(10-3)77(117)96-62(36-51-40-90-58-21-16-14-19-55(51)58)83(123)102(7)68(23-12-9-2)86(126)101(66)6/h13-16,18-21,25-28,39-40,47,49,53,56,59-69,89-90,105-108H,8-12,17,22-24,29-38,41-46,87H2,1-7H3,(H2,88,110)(H,91,116)(H,92,111)(H,93,115)(H,94,114)(H,95,118)(H,96,117)(H,97,120)(H,98,121)(H,99,119)(H,112,113)/t47-,49+,53+,56-,59-,60-,61-,62-,63-,64-,65-,66-,67-,68-,69-/m0/s1. The van der Waals surface area contributed by atoms with E-state index < -0.39 is 254 Å². The molecule has 0 bridgehead atoms. The molecule has 127 heavy (non-hydrogen) atoms. The number of benzene rings is 3. The fourth-order valence-corrected chi connectivity index (χ4v) is 16.7. The number of aromatic nitrogens is 2. The lowest BCUT2D eigenvalue weighted by atomic mass is 9.90. The van der Waals surface area contributed by atoms with Crippen molar-refractivity contribution in [1.29, 1.82) is 0 Å². The molecule has 0 radical (unpaired) electrons. The Labute approximate surface area is 738 Å². The number of likely N-dealkylation sites (N-methyl/N-ethyl adjacent to an activating group) is 3. The van der Waals surface area contributed by atoms with Crippen LogP contribution in [0.4, 0.5) is 0 Å². The third-order valence-corrected chi connectivity index (χ3v) is 24.3. The Balaban J connectivity index is 1.16. The van der Waals surface area contributed by atoms with Gasteiger partial charge in [0.25, 0.3) is 0 Å². The number of aliphatic hydroxyl groups is 3. The number of phenols is 1. The van der Waals surface area contributed by atoms with Crippen molar-refractivity contribution in [3.63, 3.8) is 0 Å². The Morgan fingerprint density at radius 3 is 1.68 bits per heavy atom. The number of primary amides is 1. The Hall–Kier alpha value is -12.1. The van der Waals surface area contributed by atoms with Crippen LogP contribution in [0, 0.1) is 5.92 Å². The van der Waals surface area contributed by atoms with Crippen molar-refractivity contribution in [3.8, 4) is 5.75 Å². The van der Waals surface area contributed by atoms with Crippen LogP contribution in [-0.2, 0) is 101 Å². The molecular weight excluding hydrogens is 1670 g/mol. The van der Waals surface area contributed by atoms with Gasteiger partial charge in [0.05, 0.1) is 37.7 Å². The highest BCUT2D eigenvalue weighted by Gasteiger charge is 2.46. The summed E-state index contributed by atoms with van der Waals surface area (Å²) in [6.45, 7) is 2.80. The van der Waals surface area contributed by atoms with Gasteiger partial charge < -0.3 is 119 Å². The van der Waals surface area contributed by atoms with Crippen LogP contribution in [0.25, 0.3) is 21.8 Å². The van der Waals surface area contributed by atoms with E-state index in [-0.39, 0.29) is 76.6 Å². The minimum atomic E-state index is -1.89. The second-order valence-corrected chi connectivity index (χ2v) is 33.4.